The van der Waals surface area contributed by atoms with E-state index in [0.29, 0.717) is 11.6 Å². The maximum absolute atomic E-state index is 11.2. The third-order valence-electron chi connectivity index (χ3n) is 3.71. The summed E-state index contributed by atoms with van der Waals surface area (Å²) in [5, 5.41) is 7.85. The van der Waals surface area contributed by atoms with Crippen LogP contribution >= 0.6 is 0 Å². The molecular weight excluding hydrogens is 320 g/mol. The van der Waals surface area contributed by atoms with Gasteiger partial charge in [0.15, 0.2) is 0 Å². The Balaban J connectivity index is 0.000000443. The topological polar surface area (TPSA) is 122 Å². The van der Waals surface area contributed by atoms with Crippen LogP contribution in [0.4, 0.5) is 11.6 Å². The van der Waals surface area contributed by atoms with Crippen LogP contribution in [0.15, 0.2) is 33.9 Å². The maximum atomic E-state index is 11.2. The molecule has 0 radical (unpaired) electrons. The molecule has 0 saturated heterocycles. The second-order valence-corrected chi connectivity index (χ2v) is 5.60. The molecule has 4 N–H and O–H groups in total. The molecule has 2 atom stereocenters. The lowest BCUT2D eigenvalue weighted by atomic mass is 10.3. The number of hydrogen-bond acceptors (Lipinski definition) is 6. The van der Waals surface area contributed by atoms with E-state index in [0.717, 1.165) is 12.8 Å². The molecule has 0 amide bonds. The Morgan fingerprint density at radius 1 is 0.840 bits per heavy atom. The van der Waals surface area contributed by atoms with E-state index in [1.54, 1.807) is 0 Å². The summed E-state index contributed by atoms with van der Waals surface area (Å²) in [6.45, 7) is 7.88. The first-order chi connectivity index (χ1) is 11.3. The Bertz CT molecular complexity index is 703. The third-order valence-corrected chi connectivity index (χ3v) is 3.71. The molecule has 2 rings (SSSR count). The predicted molar refractivity (Wildman–Crippen MR) is 103 cm³/mol. The van der Waals surface area contributed by atoms with E-state index < -0.39 is 0 Å². The van der Waals surface area contributed by atoms with Gasteiger partial charge in [-0.05, 0) is 38.8 Å². The fourth-order valence-corrected chi connectivity index (χ4v) is 1.86. The largest absolute Gasteiger partial charge is 0.382 e. The van der Waals surface area contributed by atoms with Gasteiger partial charge in [0, 0.05) is 12.1 Å². The van der Waals surface area contributed by atoms with Crippen molar-refractivity contribution in [2.75, 3.05) is 11.5 Å². The molecule has 0 spiro atoms. The van der Waals surface area contributed by atoms with Crippen LogP contribution in [0.3, 0.4) is 0 Å². The van der Waals surface area contributed by atoms with Crippen molar-refractivity contribution >= 4 is 11.6 Å². The quantitative estimate of drug-likeness (QED) is 0.872. The van der Waals surface area contributed by atoms with Crippen molar-refractivity contribution in [1.29, 1.82) is 0 Å². The average molecular weight is 350 g/mol. The molecule has 0 aliphatic heterocycles. The summed E-state index contributed by atoms with van der Waals surface area (Å²) in [6, 6.07) is 6.13. The number of nitrogen functional groups attached to an aromatic ring is 2. The van der Waals surface area contributed by atoms with Crippen LogP contribution in [0.1, 0.15) is 60.0 Å². The van der Waals surface area contributed by atoms with Gasteiger partial charge in [0.1, 0.15) is 11.6 Å². The third kappa shape index (κ3) is 6.40. The SMILES string of the molecule is C.CC[C@@H](C)n1nc(N)ccc1=O.CC[C@H](C)n1nc(N)ccc1=O. The summed E-state index contributed by atoms with van der Waals surface area (Å²) in [5.41, 5.74) is 10.7. The molecule has 0 aliphatic carbocycles. The summed E-state index contributed by atoms with van der Waals surface area (Å²) in [5.74, 6) is 0.768. The average Bonchev–Trinajstić information content (AvgIpc) is 2.58. The normalized spacial score (nSPS) is 12.3. The van der Waals surface area contributed by atoms with Crippen molar-refractivity contribution in [2.45, 2.75) is 60.0 Å². The van der Waals surface area contributed by atoms with Crippen molar-refractivity contribution in [1.82, 2.24) is 19.6 Å². The zero-order valence-corrected chi connectivity index (χ0v) is 14.6. The predicted octanol–water partition coefficient (Wildman–Crippen LogP) is 2.23. The van der Waals surface area contributed by atoms with Crippen molar-refractivity contribution in [3.05, 3.63) is 45.0 Å². The van der Waals surface area contributed by atoms with E-state index in [2.05, 4.69) is 10.2 Å². The Hall–Kier alpha value is -2.64. The molecule has 0 unspecified atom stereocenters. The molecule has 0 aliphatic rings. The first kappa shape index (κ1) is 22.4. The van der Waals surface area contributed by atoms with E-state index >= 15 is 0 Å². The molecular formula is C17H30N6O2. The summed E-state index contributed by atoms with van der Waals surface area (Å²) in [6.07, 6.45) is 1.74. The summed E-state index contributed by atoms with van der Waals surface area (Å²) in [4.78, 5) is 22.4. The van der Waals surface area contributed by atoms with Crippen molar-refractivity contribution < 1.29 is 0 Å². The molecule has 8 nitrogen and oxygen atoms in total. The van der Waals surface area contributed by atoms with Gasteiger partial charge in [0.05, 0.1) is 12.1 Å². The van der Waals surface area contributed by atoms with E-state index in [-0.39, 0.29) is 30.6 Å². The van der Waals surface area contributed by atoms with Gasteiger partial charge in [-0.2, -0.15) is 10.2 Å². The van der Waals surface area contributed by atoms with Crippen molar-refractivity contribution in [2.24, 2.45) is 0 Å². The Morgan fingerprint density at radius 2 is 1.16 bits per heavy atom. The number of anilines is 2. The van der Waals surface area contributed by atoms with Gasteiger partial charge >= 0.3 is 0 Å². The van der Waals surface area contributed by atoms with Gasteiger partial charge in [0.25, 0.3) is 11.1 Å². The number of rotatable bonds is 4. The van der Waals surface area contributed by atoms with Crippen LogP contribution in [0.25, 0.3) is 0 Å². The molecule has 8 heteroatoms. The van der Waals surface area contributed by atoms with Crippen LogP contribution in [-0.2, 0) is 0 Å². The lowest BCUT2D eigenvalue weighted by molar-refractivity contribution is 0.456. The molecule has 0 bridgehead atoms. The van der Waals surface area contributed by atoms with Gasteiger partial charge in [-0.1, -0.05) is 21.3 Å². The minimum atomic E-state index is -0.0986. The first-order valence-corrected chi connectivity index (χ1v) is 8.00. The highest BCUT2D eigenvalue weighted by atomic mass is 16.1. The Morgan fingerprint density at radius 3 is 1.44 bits per heavy atom. The molecule has 25 heavy (non-hydrogen) atoms. The fourth-order valence-electron chi connectivity index (χ4n) is 1.86. The van der Waals surface area contributed by atoms with Gasteiger partial charge in [0.2, 0.25) is 0 Å². The number of nitrogens with zero attached hydrogens (tertiary/aromatic N) is 4. The first-order valence-electron chi connectivity index (χ1n) is 8.00. The standard InChI is InChI=1S/2C8H13N3O.CH4/c2*1-3-6(2)11-8(12)5-4-7(9)10-11;/h2*4-6H,3H2,1-2H3,(H2,9,10);1H4/t2*6-;/m10./s1. The van der Waals surface area contributed by atoms with Gasteiger partial charge in [-0.25, -0.2) is 9.36 Å². The monoisotopic (exact) mass is 350 g/mol. The summed E-state index contributed by atoms with van der Waals surface area (Å²) < 4.78 is 2.82. The van der Waals surface area contributed by atoms with Crippen LogP contribution < -0.4 is 22.6 Å². The van der Waals surface area contributed by atoms with Crippen LogP contribution in [-0.4, -0.2) is 19.6 Å². The Kier molecular flexibility index (Phi) is 9.19. The van der Waals surface area contributed by atoms with Crippen LogP contribution in [0.2, 0.25) is 0 Å². The minimum absolute atomic E-state index is 0. The Labute approximate surface area is 148 Å². The van der Waals surface area contributed by atoms with Crippen molar-refractivity contribution in [3.63, 3.8) is 0 Å². The zero-order valence-electron chi connectivity index (χ0n) is 14.6. The highest BCUT2D eigenvalue weighted by molar-refractivity contribution is 5.24. The van der Waals surface area contributed by atoms with Gasteiger partial charge in [-0.15, -0.1) is 0 Å². The van der Waals surface area contributed by atoms with E-state index in [1.165, 1.54) is 33.6 Å². The molecule has 2 aromatic rings. The molecule has 0 aromatic carbocycles. The molecule has 2 aromatic heterocycles. The lowest BCUT2D eigenvalue weighted by Gasteiger charge is -2.10. The number of hydrogen-bond donors (Lipinski definition) is 2. The highest BCUT2D eigenvalue weighted by Crippen LogP contribution is 2.05. The van der Waals surface area contributed by atoms with Gasteiger partial charge < -0.3 is 11.5 Å². The van der Waals surface area contributed by atoms with E-state index in [9.17, 15) is 9.59 Å². The fraction of sp³-hybridized carbons (Fsp3) is 0.529. The minimum Gasteiger partial charge on any atom is -0.382 e. The summed E-state index contributed by atoms with van der Waals surface area (Å²) >= 11 is 0. The number of nitrogens with two attached hydrogens (primary N) is 2. The van der Waals surface area contributed by atoms with E-state index in [1.807, 2.05) is 27.7 Å². The molecule has 0 fully saturated rings. The van der Waals surface area contributed by atoms with Crippen molar-refractivity contribution in [3.8, 4) is 0 Å². The van der Waals surface area contributed by atoms with Gasteiger partial charge in [-0.3, -0.25) is 9.59 Å². The maximum Gasteiger partial charge on any atom is 0.267 e. The van der Waals surface area contributed by atoms with Crippen LogP contribution in [0.5, 0.6) is 0 Å². The highest BCUT2D eigenvalue weighted by Gasteiger charge is 2.05. The molecule has 2 heterocycles. The smallest absolute Gasteiger partial charge is 0.267 e. The van der Waals surface area contributed by atoms with Crippen LogP contribution in [0, 0.1) is 0 Å². The number of aromatic nitrogens is 4. The summed E-state index contributed by atoms with van der Waals surface area (Å²) in [7, 11) is 0. The molecule has 0 saturated carbocycles. The van der Waals surface area contributed by atoms with E-state index in [4.69, 9.17) is 11.5 Å². The second kappa shape index (κ2) is 10.3. The lowest BCUT2D eigenvalue weighted by Crippen LogP contribution is -2.25. The molecule has 140 valence electrons. The zero-order chi connectivity index (χ0) is 18.3. The second-order valence-electron chi connectivity index (χ2n) is 5.60.